The number of aliphatic hydroxyl groups is 31. The number of carbonyl (C=O) groups excluding carboxylic acids is 5. The zero-order valence-corrected chi connectivity index (χ0v) is 76.6. The summed E-state index contributed by atoms with van der Waals surface area (Å²) in [5, 5.41) is 372. The van der Waals surface area contributed by atoms with Crippen LogP contribution in [0.5, 0.6) is 0 Å². The highest BCUT2D eigenvalue weighted by Crippen LogP contribution is 2.43. The maximum atomic E-state index is 13.4. The molecule has 0 aromatic heterocycles. The van der Waals surface area contributed by atoms with Gasteiger partial charge in [0.15, 0.2) is 56.6 Å². The van der Waals surface area contributed by atoms with Crippen molar-refractivity contribution in [1.29, 1.82) is 0 Å². The van der Waals surface area contributed by atoms with E-state index in [9.17, 15) is 192 Å². The van der Waals surface area contributed by atoms with Gasteiger partial charge >= 0.3 is 5.97 Å². The Hall–Kier alpha value is -5.22. The van der Waals surface area contributed by atoms with E-state index in [1.807, 2.05) is 0 Å². The van der Waals surface area contributed by atoms with Crippen LogP contribution in [0.2, 0.25) is 0 Å². The minimum absolute atomic E-state index is 0.834. The van der Waals surface area contributed by atoms with E-state index < -0.39 is 451 Å². The van der Waals surface area contributed by atoms with E-state index in [1.165, 1.54) is 6.92 Å². The number of aliphatic carboxylic acids is 1. The number of carboxylic acid groups (broad SMARTS) is 1. The normalized spacial score (nSPS) is 45.7. The highest BCUT2D eigenvalue weighted by Gasteiger charge is 2.64. The first-order valence-corrected chi connectivity index (χ1v) is 45.1. The van der Waals surface area contributed by atoms with Crippen molar-refractivity contribution in [3.8, 4) is 0 Å². The van der Waals surface area contributed by atoms with Gasteiger partial charge in [0.2, 0.25) is 29.5 Å². The van der Waals surface area contributed by atoms with Gasteiger partial charge in [-0.1, -0.05) is 0 Å². The Morgan fingerprint density at radius 3 is 1.15 bits per heavy atom. The minimum atomic E-state index is -3.35. The van der Waals surface area contributed by atoms with E-state index in [4.69, 9.17) is 94.7 Å². The molecule has 10 saturated heterocycles. The molecule has 0 saturated carbocycles. The predicted octanol–water partition coefficient (Wildman–Crippen LogP) is -24.4. The van der Waals surface area contributed by atoms with Crippen molar-refractivity contribution in [2.75, 3.05) is 72.7 Å². The molecule has 10 aliphatic rings. The van der Waals surface area contributed by atoms with Gasteiger partial charge < -0.3 is 285 Å². The molecule has 0 spiro atoms. The lowest BCUT2D eigenvalue weighted by atomic mass is 9.88. The summed E-state index contributed by atoms with van der Waals surface area (Å²) in [5.74, 6) is -10.5. The summed E-state index contributed by atoms with van der Waals surface area (Å²) in [7, 11) is 0. The number of rotatable bonds is 42. The maximum Gasteiger partial charge on any atom is 0.364 e. The SMILES string of the molecule is CC(=O)N[C@H]1[C@H](O[C@@H]([C@H](O)[C@H](CO)NC(C)=O)[C@H](O)CO[C@@H]2O[C@@H](C)[C@@H](O)[C@@H](O)[C@@H]2O)O[C@H](CO)[C@@H](O[C@@H]2O[C@H](CO[C@H]3O[C@H](CO)[C@@H](O)[C@H](O)[C@@H]3O[C@H]3O[C@H](CO)[C@@H](O[C@@H]4O[C@H](CO)[C@H](O)[C@H](O)[C@H]4O)[C@H](O)[C@H]3NC(C)=O)[C@@H](O)[C@H](O[C@H]3O[C@H](CO)[C@@H](O)[C@H](O)[C@@H]3O[C@H]3O[C@H](CO)[C@@H](O[C@@H]4O[C@H](CO)[C@H](O)[C@H](O[C@]5(C(=O)O)C[C@H](O)[C@@H](NC(C)=O)[C@H]([C@H](O)[C@H](O)CO)O5)[C@H]4O)[C@H](O)[C@H]3NC(C)=O)[C@@H]2O)[C@@H]1O. The molecular weight excluding hydrogens is 1950 g/mol. The molecule has 142 heavy (non-hydrogen) atoms. The molecule has 0 aromatic rings. The predicted molar refractivity (Wildman–Crippen MR) is 438 cm³/mol. The summed E-state index contributed by atoms with van der Waals surface area (Å²) >= 11 is 0. The first-order chi connectivity index (χ1) is 66.9. The Bertz CT molecular complexity index is 3950. The lowest BCUT2D eigenvalue weighted by molar-refractivity contribution is -0.400. The number of nitrogens with one attached hydrogen (secondary N) is 5. The molecule has 10 fully saturated rings. The molecule has 63 heteroatoms. The summed E-state index contributed by atoms with van der Waals surface area (Å²) in [6.07, 6.45) is -110. The molecule has 0 aromatic carbocycles. The van der Waals surface area contributed by atoms with Crippen LogP contribution in [-0.4, -0.2) is 608 Å². The fraction of sp³-hybridized carbons (Fsp3) is 0.924. The van der Waals surface area contributed by atoms with Gasteiger partial charge in [-0.3, -0.25) is 24.0 Å². The van der Waals surface area contributed by atoms with Crippen LogP contribution in [0.15, 0.2) is 0 Å². The topological polar surface area (TPSA) is 995 Å². The van der Waals surface area contributed by atoms with Gasteiger partial charge in [0, 0.05) is 41.0 Å². The number of ether oxygens (including phenoxy) is 20. The third kappa shape index (κ3) is 26.8. The number of aliphatic hydroxyl groups excluding tert-OH is 31. The van der Waals surface area contributed by atoms with Gasteiger partial charge in [0.25, 0.3) is 5.79 Å². The van der Waals surface area contributed by atoms with Crippen molar-refractivity contribution in [3.05, 3.63) is 0 Å². The minimum Gasteiger partial charge on any atom is -0.477 e. The summed E-state index contributed by atoms with van der Waals surface area (Å²) in [6.45, 7) is -7.67. The smallest absolute Gasteiger partial charge is 0.364 e. The highest BCUT2D eigenvalue weighted by molar-refractivity contribution is 5.77. The number of hydrogen-bond donors (Lipinski definition) is 37. The number of carboxylic acids is 1. The molecular formula is C79H133N5O58. The van der Waals surface area contributed by atoms with Gasteiger partial charge in [-0.05, 0) is 6.92 Å². The average Bonchev–Trinajstić information content (AvgIpc) is 0.752. The lowest BCUT2D eigenvalue weighted by Gasteiger charge is -2.51. The van der Waals surface area contributed by atoms with Crippen molar-refractivity contribution in [2.24, 2.45) is 0 Å². The molecule has 822 valence electrons. The van der Waals surface area contributed by atoms with Gasteiger partial charge in [0.1, 0.15) is 250 Å². The Balaban J connectivity index is 0.991. The van der Waals surface area contributed by atoms with Crippen molar-refractivity contribution in [2.45, 2.75) is 385 Å². The van der Waals surface area contributed by atoms with Crippen molar-refractivity contribution in [3.63, 3.8) is 0 Å². The Morgan fingerprint density at radius 2 is 0.704 bits per heavy atom. The first-order valence-electron chi connectivity index (χ1n) is 45.1. The molecule has 0 radical (unpaired) electrons. The third-order valence-corrected chi connectivity index (χ3v) is 25.6. The number of carbonyl (C=O) groups is 6. The summed E-state index contributed by atoms with van der Waals surface area (Å²) in [4.78, 5) is 77.8. The van der Waals surface area contributed by atoms with E-state index in [1.54, 1.807) is 0 Å². The van der Waals surface area contributed by atoms with Crippen LogP contribution in [-0.2, 0) is 124 Å². The van der Waals surface area contributed by atoms with Crippen molar-refractivity contribution >= 4 is 35.5 Å². The Kier molecular flexibility index (Phi) is 43.5. The zero-order valence-electron chi connectivity index (χ0n) is 76.6. The summed E-state index contributed by atoms with van der Waals surface area (Å²) in [5.41, 5.74) is 0. The number of amides is 5. The largest absolute Gasteiger partial charge is 0.477 e. The number of hydrogen-bond acceptors (Lipinski definition) is 57. The van der Waals surface area contributed by atoms with Crippen LogP contribution >= 0.6 is 0 Å². The molecule has 10 rings (SSSR count). The quantitative estimate of drug-likeness (QED) is 0.0270. The molecule has 10 aliphatic heterocycles. The Labute approximate surface area is 804 Å². The van der Waals surface area contributed by atoms with E-state index in [2.05, 4.69) is 26.6 Å². The van der Waals surface area contributed by atoms with Gasteiger partial charge in [-0.2, -0.15) is 0 Å². The third-order valence-electron chi connectivity index (χ3n) is 25.6. The molecule has 0 aliphatic carbocycles. The zero-order chi connectivity index (χ0) is 105. The second-order valence-electron chi connectivity index (χ2n) is 35.7. The summed E-state index contributed by atoms with van der Waals surface area (Å²) < 4.78 is 119. The van der Waals surface area contributed by atoms with Crippen LogP contribution in [0, 0.1) is 0 Å². The van der Waals surface area contributed by atoms with E-state index in [-0.39, 0.29) is 0 Å². The molecule has 63 nitrogen and oxygen atoms in total. The lowest BCUT2D eigenvalue weighted by Crippen LogP contribution is -2.71. The Morgan fingerprint density at radius 1 is 0.338 bits per heavy atom. The van der Waals surface area contributed by atoms with Crippen LogP contribution in [0.3, 0.4) is 0 Å². The van der Waals surface area contributed by atoms with E-state index >= 15 is 0 Å². The van der Waals surface area contributed by atoms with Gasteiger partial charge in [0.05, 0.1) is 97.0 Å². The fourth-order valence-corrected chi connectivity index (χ4v) is 18.0. The van der Waals surface area contributed by atoms with Crippen LogP contribution in [0.1, 0.15) is 48.0 Å². The fourth-order valence-electron chi connectivity index (χ4n) is 18.0. The molecule has 0 unspecified atom stereocenters. The second-order valence-corrected chi connectivity index (χ2v) is 35.7. The monoisotopic (exact) mass is 2080 g/mol. The van der Waals surface area contributed by atoms with Crippen LogP contribution in [0.4, 0.5) is 0 Å². The molecule has 10 heterocycles. The van der Waals surface area contributed by atoms with Gasteiger partial charge in [-0.15, -0.1) is 0 Å². The molecule has 5 amide bonds. The molecule has 37 N–H and O–H groups in total. The highest BCUT2D eigenvalue weighted by atomic mass is 16.8. The first kappa shape index (κ1) is 119. The van der Waals surface area contributed by atoms with E-state index in [0.717, 1.165) is 34.6 Å². The average molecular weight is 2080 g/mol. The van der Waals surface area contributed by atoms with Crippen LogP contribution in [0.25, 0.3) is 0 Å². The van der Waals surface area contributed by atoms with Crippen molar-refractivity contribution in [1.82, 2.24) is 26.6 Å². The summed E-state index contributed by atoms with van der Waals surface area (Å²) in [6, 6.07) is -9.90. The molecule has 55 atom stereocenters. The molecule has 0 bridgehead atoms. The van der Waals surface area contributed by atoms with Crippen LogP contribution < -0.4 is 26.6 Å². The van der Waals surface area contributed by atoms with Gasteiger partial charge in [-0.25, -0.2) is 4.79 Å². The van der Waals surface area contributed by atoms with Crippen molar-refractivity contribution < 1.29 is 287 Å². The standard InChI is InChI=1S/C79H133N5O58/c1-19-41(102)52(113)56(117)72(125-19)123-17-28(101)60(42(103)25(8-85)80-20(2)94)134-69-38(82-22(4)96)49(110)62(34(15-92)130-69)136-74-58(119)65(48(109)36(133-74)18-124-76-67(54(115)45(106)30(11-88)128-76)139-70-39(83-23(5)97)50(111)61(33(14-91)131-70)135-73-57(118)53(114)44(105)29(10-87)126-73)138-77-68(55(116)46(107)31(12-89)129-77)140-71-40(84-24(6)98)51(112)63(35(16-93)132-71)137-75-59(120)66(47(108)32(13-90)127-75)142-79(78(121)122)7-26(99)37(81-21(3)95)64(141-79)43(104)27(100)9-86/h19,25-77,85-93,99-120H,7-18H2,1-6H3,(H,80,94)(H,81,95)(H,82,96)(H,83,97)(H,84,98)(H,121,122)/t19-,25-,26-,27+,28+,29+,30+,31+,32+,33+,34+,35+,36+,37+,38+,39+,40+,41+,42+,43+,44-,45+,46+,47-,48+,49+,50+,51+,52+,53-,54-,55-,56-,57+,58-,59+,60+,61+,62+,63+,64+,65-,66-,67-,68-,69-,70+,71+,72+,73-,74-,75-,76-,77+,79-/m0/s1. The second kappa shape index (κ2) is 52.0. The maximum absolute atomic E-state index is 13.4. The van der Waals surface area contributed by atoms with E-state index in [0.29, 0.717) is 0 Å².